The predicted molar refractivity (Wildman–Crippen MR) is 67.6 cm³/mol. The Balaban J connectivity index is 2.04. The van der Waals surface area contributed by atoms with Crippen molar-refractivity contribution < 1.29 is 0 Å². The summed E-state index contributed by atoms with van der Waals surface area (Å²) in [5.74, 6) is 0.907. The third kappa shape index (κ3) is 2.57. The first-order valence-corrected chi connectivity index (χ1v) is 6.53. The van der Waals surface area contributed by atoms with Crippen LogP contribution in [0.1, 0.15) is 45.2 Å². The zero-order valence-electron chi connectivity index (χ0n) is 10.7. The highest BCUT2D eigenvalue weighted by Gasteiger charge is 2.30. The zero-order valence-corrected chi connectivity index (χ0v) is 10.7. The van der Waals surface area contributed by atoms with E-state index in [1.807, 2.05) is 11.7 Å². The minimum atomic E-state index is 0.666. The van der Waals surface area contributed by atoms with Gasteiger partial charge in [0, 0.05) is 19.3 Å². The fourth-order valence-corrected chi connectivity index (χ4v) is 2.35. The van der Waals surface area contributed by atoms with Crippen LogP contribution < -0.4 is 5.32 Å². The van der Waals surface area contributed by atoms with Gasteiger partial charge in [0.15, 0.2) is 0 Å². The second-order valence-electron chi connectivity index (χ2n) is 4.89. The number of anilines is 1. The van der Waals surface area contributed by atoms with Crippen molar-refractivity contribution in [2.75, 3.05) is 5.32 Å². The third-order valence-electron chi connectivity index (χ3n) is 3.37. The monoisotopic (exact) mass is 221 g/mol. The second-order valence-corrected chi connectivity index (χ2v) is 4.89. The molecule has 3 heteroatoms. The molecule has 2 rings (SSSR count). The molecule has 1 aromatic heterocycles. The summed E-state index contributed by atoms with van der Waals surface area (Å²) in [6.07, 6.45) is 8.47. The molecule has 0 aliphatic heterocycles. The van der Waals surface area contributed by atoms with Gasteiger partial charge in [-0.1, -0.05) is 20.3 Å². The van der Waals surface area contributed by atoms with Crippen LogP contribution in [0.4, 0.5) is 5.69 Å². The van der Waals surface area contributed by atoms with E-state index in [-0.39, 0.29) is 0 Å². The van der Waals surface area contributed by atoms with E-state index in [0.29, 0.717) is 6.04 Å². The van der Waals surface area contributed by atoms with E-state index in [2.05, 4.69) is 30.5 Å². The molecule has 1 aliphatic carbocycles. The Labute approximate surface area is 98.2 Å². The number of aryl methyl sites for hydroxylation is 2. The number of nitrogens with zero attached hydrogens (tertiary/aromatic N) is 2. The maximum absolute atomic E-state index is 4.48. The van der Waals surface area contributed by atoms with E-state index in [0.717, 1.165) is 12.3 Å². The Morgan fingerprint density at radius 1 is 1.50 bits per heavy atom. The lowest BCUT2D eigenvalue weighted by Gasteiger charge is -2.18. The van der Waals surface area contributed by atoms with Crippen molar-refractivity contribution >= 4 is 5.69 Å². The minimum absolute atomic E-state index is 0.666. The molecular formula is C13H23N3. The van der Waals surface area contributed by atoms with Crippen LogP contribution in [0.15, 0.2) is 6.20 Å². The smallest absolute Gasteiger partial charge is 0.0853 e. The van der Waals surface area contributed by atoms with Gasteiger partial charge in [-0.2, -0.15) is 5.10 Å². The first-order valence-electron chi connectivity index (χ1n) is 6.53. The van der Waals surface area contributed by atoms with Crippen molar-refractivity contribution in [1.29, 1.82) is 0 Å². The molecule has 0 aromatic carbocycles. The molecule has 90 valence electrons. The van der Waals surface area contributed by atoms with Crippen LogP contribution in [-0.2, 0) is 13.5 Å². The molecule has 1 aliphatic rings. The van der Waals surface area contributed by atoms with Crippen LogP contribution in [0.3, 0.4) is 0 Å². The highest BCUT2D eigenvalue weighted by molar-refractivity contribution is 5.47. The first kappa shape index (κ1) is 11.5. The van der Waals surface area contributed by atoms with Crippen LogP contribution in [0.25, 0.3) is 0 Å². The average molecular weight is 221 g/mol. The quantitative estimate of drug-likeness (QED) is 0.800. The van der Waals surface area contributed by atoms with Crippen LogP contribution in [0, 0.1) is 5.92 Å². The van der Waals surface area contributed by atoms with E-state index in [9.17, 15) is 0 Å². The number of hydrogen-bond donors (Lipinski definition) is 1. The highest BCUT2D eigenvalue weighted by Crippen LogP contribution is 2.36. The van der Waals surface area contributed by atoms with E-state index < -0.39 is 0 Å². The second kappa shape index (κ2) is 4.89. The van der Waals surface area contributed by atoms with Crippen LogP contribution in [0.2, 0.25) is 0 Å². The van der Waals surface area contributed by atoms with Crippen molar-refractivity contribution in [2.24, 2.45) is 13.0 Å². The molecular weight excluding hydrogens is 198 g/mol. The Morgan fingerprint density at radius 2 is 2.25 bits per heavy atom. The van der Waals surface area contributed by atoms with Crippen molar-refractivity contribution in [3.05, 3.63) is 11.9 Å². The number of nitrogens with one attached hydrogen (secondary N) is 1. The van der Waals surface area contributed by atoms with E-state index in [1.54, 1.807) is 0 Å². The molecule has 3 nitrogen and oxygen atoms in total. The van der Waals surface area contributed by atoms with Gasteiger partial charge in [0.1, 0.15) is 0 Å². The number of rotatable bonds is 6. The van der Waals surface area contributed by atoms with Gasteiger partial charge < -0.3 is 5.32 Å². The molecule has 16 heavy (non-hydrogen) atoms. The minimum Gasteiger partial charge on any atom is -0.379 e. The standard InChI is InChI=1S/C13H23N3/c1-4-6-12(10-7-8-10)14-13-9-16(3)15-11(13)5-2/h9-10,12,14H,4-8H2,1-3H3. The molecule has 0 saturated heterocycles. The fourth-order valence-electron chi connectivity index (χ4n) is 2.35. The van der Waals surface area contributed by atoms with Gasteiger partial charge in [0.25, 0.3) is 0 Å². The largest absolute Gasteiger partial charge is 0.379 e. The molecule has 1 aromatic rings. The zero-order chi connectivity index (χ0) is 11.5. The van der Waals surface area contributed by atoms with E-state index in [1.165, 1.54) is 37.1 Å². The maximum atomic E-state index is 4.48. The molecule has 0 bridgehead atoms. The number of aromatic nitrogens is 2. The number of hydrogen-bond acceptors (Lipinski definition) is 2. The molecule has 0 amide bonds. The summed E-state index contributed by atoms with van der Waals surface area (Å²) in [7, 11) is 2.00. The maximum Gasteiger partial charge on any atom is 0.0853 e. The van der Waals surface area contributed by atoms with E-state index in [4.69, 9.17) is 0 Å². The topological polar surface area (TPSA) is 29.9 Å². The Hall–Kier alpha value is -0.990. The van der Waals surface area contributed by atoms with Gasteiger partial charge in [-0.15, -0.1) is 0 Å². The van der Waals surface area contributed by atoms with Crippen LogP contribution in [0.5, 0.6) is 0 Å². The average Bonchev–Trinajstić information content (AvgIpc) is 3.03. The van der Waals surface area contributed by atoms with Crippen molar-refractivity contribution in [1.82, 2.24) is 9.78 Å². The lowest BCUT2D eigenvalue weighted by molar-refractivity contribution is 0.577. The van der Waals surface area contributed by atoms with Crippen molar-refractivity contribution in [3.63, 3.8) is 0 Å². The predicted octanol–water partition coefficient (Wildman–Crippen LogP) is 2.97. The molecule has 1 saturated carbocycles. The summed E-state index contributed by atoms with van der Waals surface area (Å²) in [4.78, 5) is 0. The van der Waals surface area contributed by atoms with Gasteiger partial charge in [-0.25, -0.2) is 0 Å². The van der Waals surface area contributed by atoms with Gasteiger partial charge in [-0.05, 0) is 31.6 Å². The summed E-state index contributed by atoms with van der Waals surface area (Å²) in [6, 6.07) is 0.666. The molecule has 1 unspecified atom stereocenters. The Morgan fingerprint density at radius 3 is 2.81 bits per heavy atom. The highest BCUT2D eigenvalue weighted by atomic mass is 15.3. The van der Waals surface area contributed by atoms with Gasteiger partial charge in [-0.3, -0.25) is 4.68 Å². The van der Waals surface area contributed by atoms with Gasteiger partial charge in [0.05, 0.1) is 11.4 Å². The normalized spacial score (nSPS) is 17.4. The lowest BCUT2D eigenvalue weighted by Crippen LogP contribution is -2.21. The molecule has 1 N–H and O–H groups in total. The van der Waals surface area contributed by atoms with E-state index >= 15 is 0 Å². The SMILES string of the molecule is CCCC(Nc1cn(C)nc1CC)C1CC1. The molecule has 1 heterocycles. The molecule has 1 fully saturated rings. The summed E-state index contributed by atoms with van der Waals surface area (Å²) in [5, 5.41) is 8.18. The van der Waals surface area contributed by atoms with Crippen LogP contribution in [-0.4, -0.2) is 15.8 Å². The van der Waals surface area contributed by atoms with Crippen LogP contribution >= 0.6 is 0 Å². The Bertz CT molecular complexity index is 339. The summed E-state index contributed by atoms with van der Waals surface area (Å²) >= 11 is 0. The summed E-state index contributed by atoms with van der Waals surface area (Å²) in [6.45, 7) is 4.43. The summed E-state index contributed by atoms with van der Waals surface area (Å²) in [5.41, 5.74) is 2.44. The first-order chi connectivity index (χ1) is 7.74. The molecule has 1 atom stereocenters. The van der Waals surface area contributed by atoms with Crippen molar-refractivity contribution in [3.8, 4) is 0 Å². The fraction of sp³-hybridized carbons (Fsp3) is 0.769. The lowest BCUT2D eigenvalue weighted by atomic mass is 10.1. The van der Waals surface area contributed by atoms with Gasteiger partial charge >= 0.3 is 0 Å². The summed E-state index contributed by atoms with van der Waals surface area (Å²) < 4.78 is 1.91. The molecule has 0 spiro atoms. The molecule has 0 radical (unpaired) electrons. The third-order valence-corrected chi connectivity index (χ3v) is 3.37. The Kier molecular flexibility index (Phi) is 3.52. The van der Waals surface area contributed by atoms with Crippen molar-refractivity contribution in [2.45, 2.75) is 52.0 Å². The van der Waals surface area contributed by atoms with Gasteiger partial charge in [0.2, 0.25) is 0 Å².